The third kappa shape index (κ3) is 1.88. The second-order valence-corrected chi connectivity index (χ2v) is 4.76. The van der Waals surface area contributed by atoms with E-state index < -0.39 is 5.91 Å². The fourth-order valence-electron chi connectivity index (χ4n) is 2.58. The minimum atomic E-state index is -0.438. The van der Waals surface area contributed by atoms with Crippen molar-refractivity contribution in [3.05, 3.63) is 35.6 Å². The Morgan fingerprint density at radius 2 is 2.11 bits per heavy atom. The summed E-state index contributed by atoms with van der Waals surface area (Å²) in [7, 11) is 0. The Balaban J connectivity index is 2.04. The number of amides is 1. The van der Waals surface area contributed by atoms with Gasteiger partial charge in [-0.1, -0.05) is 12.1 Å². The Morgan fingerprint density at radius 3 is 2.83 bits per heavy atom. The third-order valence-electron chi connectivity index (χ3n) is 3.57. The second-order valence-electron chi connectivity index (χ2n) is 4.76. The van der Waals surface area contributed by atoms with Gasteiger partial charge in [-0.05, 0) is 38.1 Å². The molecule has 0 spiro atoms. The van der Waals surface area contributed by atoms with Crippen LogP contribution in [0.3, 0.4) is 0 Å². The van der Waals surface area contributed by atoms with E-state index in [4.69, 9.17) is 10.2 Å². The zero-order chi connectivity index (χ0) is 12.5. The molecule has 1 aliphatic rings. The lowest BCUT2D eigenvalue weighted by Gasteiger charge is -2.20. The van der Waals surface area contributed by atoms with Crippen LogP contribution in [0, 0.1) is 0 Å². The number of carbonyl (C=O) groups is 1. The fourth-order valence-corrected chi connectivity index (χ4v) is 2.58. The van der Waals surface area contributed by atoms with Gasteiger partial charge in [-0.2, -0.15) is 0 Å². The molecule has 1 aromatic heterocycles. The minimum Gasteiger partial charge on any atom is -0.460 e. The van der Waals surface area contributed by atoms with Crippen LogP contribution in [0.5, 0.6) is 0 Å². The number of hydrogen-bond acceptors (Lipinski definition) is 3. The summed E-state index contributed by atoms with van der Waals surface area (Å²) < 4.78 is 5.87. The number of primary amides is 1. The van der Waals surface area contributed by atoms with Crippen molar-refractivity contribution in [1.29, 1.82) is 0 Å². The molecule has 3 N–H and O–H groups in total. The molecular weight excluding hydrogens is 228 g/mol. The van der Waals surface area contributed by atoms with Crippen molar-refractivity contribution in [2.45, 2.75) is 18.8 Å². The van der Waals surface area contributed by atoms with Gasteiger partial charge in [0.1, 0.15) is 11.3 Å². The quantitative estimate of drug-likeness (QED) is 0.849. The molecular formula is C14H16N2O2. The molecule has 0 saturated carbocycles. The lowest BCUT2D eigenvalue weighted by molar-refractivity contribution is 0.100. The molecule has 4 nitrogen and oxygen atoms in total. The highest BCUT2D eigenvalue weighted by Gasteiger charge is 2.20. The van der Waals surface area contributed by atoms with Gasteiger partial charge in [0.2, 0.25) is 0 Å². The van der Waals surface area contributed by atoms with Crippen LogP contribution in [-0.4, -0.2) is 19.0 Å². The van der Waals surface area contributed by atoms with Crippen molar-refractivity contribution in [3.8, 4) is 0 Å². The Labute approximate surface area is 105 Å². The zero-order valence-electron chi connectivity index (χ0n) is 10.1. The van der Waals surface area contributed by atoms with E-state index in [2.05, 4.69) is 5.32 Å². The third-order valence-corrected chi connectivity index (χ3v) is 3.57. The number of nitrogens with one attached hydrogen (secondary N) is 1. The van der Waals surface area contributed by atoms with Crippen molar-refractivity contribution >= 4 is 16.9 Å². The maximum absolute atomic E-state index is 11.4. The molecule has 1 aliphatic heterocycles. The standard InChI is InChI=1S/C14H16N2O2/c15-14(17)11-3-1-2-10-8-12(18-13(10)11)9-4-6-16-7-5-9/h1-3,8-9,16H,4-7H2,(H2,15,17). The first-order chi connectivity index (χ1) is 8.75. The van der Waals surface area contributed by atoms with Crippen LogP contribution in [0.15, 0.2) is 28.7 Å². The summed E-state index contributed by atoms with van der Waals surface area (Å²) in [5, 5.41) is 4.29. The Kier molecular flexibility index (Phi) is 2.80. The van der Waals surface area contributed by atoms with Gasteiger partial charge in [-0.3, -0.25) is 4.79 Å². The van der Waals surface area contributed by atoms with Gasteiger partial charge >= 0.3 is 0 Å². The van der Waals surface area contributed by atoms with E-state index in [0.29, 0.717) is 17.1 Å². The number of carbonyl (C=O) groups excluding carboxylic acids is 1. The molecule has 3 rings (SSSR count). The van der Waals surface area contributed by atoms with Crippen molar-refractivity contribution in [2.24, 2.45) is 5.73 Å². The SMILES string of the molecule is NC(=O)c1cccc2cc(C3CCNCC3)oc12. The van der Waals surface area contributed by atoms with Crippen LogP contribution in [0.25, 0.3) is 11.0 Å². The van der Waals surface area contributed by atoms with Crippen LogP contribution < -0.4 is 11.1 Å². The number of hydrogen-bond donors (Lipinski definition) is 2. The number of furan rings is 1. The Morgan fingerprint density at radius 1 is 1.33 bits per heavy atom. The molecule has 0 atom stereocenters. The number of piperidine rings is 1. The van der Waals surface area contributed by atoms with Gasteiger partial charge in [0.15, 0.2) is 0 Å². The summed E-state index contributed by atoms with van der Waals surface area (Å²) in [4.78, 5) is 11.4. The van der Waals surface area contributed by atoms with Crippen molar-refractivity contribution in [2.75, 3.05) is 13.1 Å². The molecule has 1 fully saturated rings. The van der Waals surface area contributed by atoms with E-state index in [-0.39, 0.29) is 0 Å². The summed E-state index contributed by atoms with van der Waals surface area (Å²) in [6.45, 7) is 2.04. The summed E-state index contributed by atoms with van der Waals surface area (Å²) in [6.07, 6.45) is 2.15. The van der Waals surface area contributed by atoms with Crippen LogP contribution in [0.4, 0.5) is 0 Å². The van der Waals surface area contributed by atoms with Crippen molar-refractivity contribution in [3.63, 3.8) is 0 Å². The molecule has 1 saturated heterocycles. The van der Waals surface area contributed by atoms with Gasteiger partial charge in [0.05, 0.1) is 5.56 Å². The number of nitrogens with two attached hydrogens (primary N) is 1. The largest absolute Gasteiger partial charge is 0.460 e. The van der Waals surface area contributed by atoms with Gasteiger partial charge in [0, 0.05) is 11.3 Å². The molecule has 0 unspecified atom stereocenters. The first kappa shape index (κ1) is 11.3. The van der Waals surface area contributed by atoms with Gasteiger partial charge in [-0.15, -0.1) is 0 Å². The minimum absolute atomic E-state index is 0.438. The highest BCUT2D eigenvalue weighted by molar-refractivity contribution is 6.04. The molecule has 0 aliphatic carbocycles. The maximum Gasteiger partial charge on any atom is 0.252 e. The monoisotopic (exact) mass is 244 g/mol. The van der Waals surface area contributed by atoms with Gasteiger partial charge < -0.3 is 15.5 Å². The highest BCUT2D eigenvalue weighted by atomic mass is 16.3. The van der Waals surface area contributed by atoms with Crippen LogP contribution in [0.2, 0.25) is 0 Å². The molecule has 1 amide bonds. The van der Waals surface area contributed by atoms with Crippen LogP contribution >= 0.6 is 0 Å². The average Bonchev–Trinajstić information content (AvgIpc) is 2.83. The highest BCUT2D eigenvalue weighted by Crippen LogP contribution is 2.31. The molecule has 2 heterocycles. The van der Waals surface area contributed by atoms with Crippen molar-refractivity contribution < 1.29 is 9.21 Å². The summed E-state index contributed by atoms with van der Waals surface area (Å²) >= 11 is 0. The van der Waals surface area contributed by atoms with E-state index in [1.807, 2.05) is 18.2 Å². The lowest BCUT2D eigenvalue weighted by Crippen LogP contribution is -2.26. The van der Waals surface area contributed by atoms with Crippen LogP contribution in [0.1, 0.15) is 34.9 Å². The molecule has 1 aromatic carbocycles. The van der Waals surface area contributed by atoms with E-state index in [9.17, 15) is 4.79 Å². The average molecular weight is 244 g/mol. The summed E-state index contributed by atoms with van der Waals surface area (Å²) in [5.74, 6) is 0.978. The molecule has 0 bridgehead atoms. The summed E-state index contributed by atoms with van der Waals surface area (Å²) in [6, 6.07) is 7.54. The zero-order valence-corrected chi connectivity index (χ0v) is 10.1. The predicted octanol–water partition coefficient (Wildman–Crippen LogP) is 2.00. The molecule has 94 valence electrons. The van der Waals surface area contributed by atoms with E-state index in [0.717, 1.165) is 37.1 Å². The predicted molar refractivity (Wildman–Crippen MR) is 69.6 cm³/mol. The molecule has 0 radical (unpaired) electrons. The second kappa shape index (κ2) is 4.46. The van der Waals surface area contributed by atoms with Crippen molar-refractivity contribution in [1.82, 2.24) is 5.32 Å². The smallest absolute Gasteiger partial charge is 0.252 e. The van der Waals surface area contributed by atoms with E-state index in [1.165, 1.54) is 0 Å². The fraction of sp³-hybridized carbons (Fsp3) is 0.357. The molecule has 18 heavy (non-hydrogen) atoms. The van der Waals surface area contributed by atoms with Crippen LogP contribution in [-0.2, 0) is 0 Å². The number of para-hydroxylation sites is 1. The topological polar surface area (TPSA) is 68.3 Å². The number of benzene rings is 1. The number of rotatable bonds is 2. The maximum atomic E-state index is 11.4. The first-order valence-electron chi connectivity index (χ1n) is 6.28. The molecule has 4 heteroatoms. The lowest BCUT2D eigenvalue weighted by atomic mass is 9.95. The van der Waals surface area contributed by atoms with E-state index in [1.54, 1.807) is 6.07 Å². The van der Waals surface area contributed by atoms with Gasteiger partial charge in [-0.25, -0.2) is 0 Å². The number of fused-ring (bicyclic) bond motifs is 1. The van der Waals surface area contributed by atoms with E-state index >= 15 is 0 Å². The Hall–Kier alpha value is -1.81. The first-order valence-corrected chi connectivity index (χ1v) is 6.28. The summed E-state index contributed by atoms with van der Waals surface area (Å²) in [5.41, 5.74) is 6.45. The normalized spacial score (nSPS) is 17.1. The molecule has 2 aromatic rings. The Bertz CT molecular complexity index is 582. The van der Waals surface area contributed by atoms with Gasteiger partial charge in [0.25, 0.3) is 5.91 Å².